The number of carbonyl (C=O) groups excluding carboxylic acids is 1. The van der Waals surface area contributed by atoms with Gasteiger partial charge in [-0.25, -0.2) is 0 Å². The van der Waals surface area contributed by atoms with Crippen molar-refractivity contribution in [3.05, 3.63) is 29.8 Å². The molecule has 1 atom stereocenters. The van der Waals surface area contributed by atoms with E-state index in [1.54, 1.807) is 0 Å². The molecular formula is C23H37IN4O4. The van der Waals surface area contributed by atoms with Gasteiger partial charge in [-0.3, -0.25) is 9.79 Å². The molecule has 2 fully saturated rings. The number of hydrogen-bond acceptors (Lipinski definition) is 5. The van der Waals surface area contributed by atoms with Gasteiger partial charge >= 0.3 is 0 Å². The Kier molecular flexibility index (Phi) is 11.5. The number of amides is 1. The fourth-order valence-corrected chi connectivity index (χ4v) is 3.60. The molecule has 1 saturated heterocycles. The highest BCUT2D eigenvalue weighted by molar-refractivity contribution is 14.0. The molecule has 1 aliphatic carbocycles. The van der Waals surface area contributed by atoms with Gasteiger partial charge in [0.2, 0.25) is 0 Å². The number of aliphatic imine (C=N–C) groups is 1. The smallest absolute Gasteiger partial charge is 0.258 e. The van der Waals surface area contributed by atoms with Crippen LogP contribution in [0, 0.1) is 5.41 Å². The predicted molar refractivity (Wildman–Crippen MR) is 136 cm³/mol. The minimum Gasteiger partial charge on any atom is -0.484 e. The molecule has 3 rings (SSSR count). The summed E-state index contributed by atoms with van der Waals surface area (Å²) in [5, 5.41) is 19.0. The monoisotopic (exact) mass is 560 g/mol. The van der Waals surface area contributed by atoms with E-state index < -0.39 is 0 Å². The molecule has 1 aromatic rings. The molecule has 1 aromatic carbocycles. The highest BCUT2D eigenvalue weighted by Gasteiger charge is 2.34. The number of aliphatic hydroxyl groups is 1. The van der Waals surface area contributed by atoms with Crippen LogP contribution < -0.4 is 20.7 Å². The summed E-state index contributed by atoms with van der Waals surface area (Å²) in [6, 6.07) is 8.20. The lowest BCUT2D eigenvalue weighted by atomic mass is 9.84. The first-order chi connectivity index (χ1) is 15.1. The van der Waals surface area contributed by atoms with Gasteiger partial charge in [0.1, 0.15) is 5.75 Å². The van der Waals surface area contributed by atoms with Crippen LogP contribution in [0.25, 0.3) is 0 Å². The average molecular weight is 560 g/mol. The maximum Gasteiger partial charge on any atom is 0.258 e. The van der Waals surface area contributed by atoms with Crippen LogP contribution in [0.4, 0.5) is 0 Å². The number of ether oxygens (including phenoxy) is 2. The Morgan fingerprint density at radius 3 is 2.69 bits per heavy atom. The van der Waals surface area contributed by atoms with Crippen molar-refractivity contribution >= 4 is 35.8 Å². The maximum absolute atomic E-state index is 11.7. The largest absolute Gasteiger partial charge is 0.484 e. The van der Waals surface area contributed by atoms with Crippen LogP contribution in [-0.4, -0.2) is 69.1 Å². The second-order valence-electron chi connectivity index (χ2n) is 8.42. The Hall–Kier alpha value is -1.59. The Morgan fingerprint density at radius 2 is 2.06 bits per heavy atom. The van der Waals surface area contributed by atoms with Gasteiger partial charge in [0.25, 0.3) is 5.91 Å². The summed E-state index contributed by atoms with van der Waals surface area (Å²) in [5.41, 5.74) is 1.13. The second-order valence-corrected chi connectivity index (χ2v) is 8.42. The third-order valence-electron chi connectivity index (χ3n) is 5.69. The standard InChI is InChI=1S/C23H36N4O4.HI/c1-2-24-22(26-16-23(10-13-28)11-14-30-17-23)25-12-9-18-3-7-20(8-4-18)31-15-21(29)27-19-5-6-19;/h3-4,7-8,19,28H,2,5-6,9-17H2,1H3,(H,27,29)(H2,24,25,26);1H. The fourth-order valence-electron chi connectivity index (χ4n) is 3.60. The molecule has 8 nitrogen and oxygen atoms in total. The zero-order valence-electron chi connectivity index (χ0n) is 18.9. The van der Waals surface area contributed by atoms with E-state index in [0.717, 1.165) is 51.3 Å². The van der Waals surface area contributed by atoms with Crippen LogP contribution in [0.3, 0.4) is 0 Å². The topological polar surface area (TPSA) is 104 Å². The first-order valence-electron chi connectivity index (χ1n) is 11.3. The normalized spacial score (nSPS) is 20.4. The Labute approximate surface area is 207 Å². The number of guanidine groups is 1. The lowest BCUT2D eigenvalue weighted by Gasteiger charge is -2.24. The molecule has 2 aliphatic rings. The van der Waals surface area contributed by atoms with Crippen molar-refractivity contribution in [1.82, 2.24) is 16.0 Å². The number of benzene rings is 1. The summed E-state index contributed by atoms with van der Waals surface area (Å²) in [7, 11) is 0. The van der Waals surface area contributed by atoms with Crippen molar-refractivity contribution in [2.45, 2.75) is 45.1 Å². The average Bonchev–Trinajstić information content (AvgIpc) is 3.46. The molecule has 0 aromatic heterocycles. The van der Waals surface area contributed by atoms with E-state index >= 15 is 0 Å². The van der Waals surface area contributed by atoms with Gasteiger partial charge in [-0.15, -0.1) is 24.0 Å². The molecular weight excluding hydrogens is 523 g/mol. The SMILES string of the molecule is CCNC(=NCC1(CCO)CCOC1)NCCc1ccc(OCC(=O)NC2CC2)cc1.I. The summed E-state index contributed by atoms with van der Waals surface area (Å²) in [4.78, 5) is 16.4. The third-order valence-corrected chi connectivity index (χ3v) is 5.69. The number of nitrogens with one attached hydrogen (secondary N) is 3. The number of aliphatic hydroxyl groups excluding tert-OH is 1. The molecule has 180 valence electrons. The summed E-state index contributed by atoms with van der Waals surface area (Å²) in [6.07, 6.45) is 4.65. The summed E-state index contributed by atoms with van der Waals surface area (Å²) < 4.78 is 11.1. The van der Waals surface area contributed by atoms with Crippen LogP contribution in [0.15, 0.2) is 29.3 Å². The van der Waals surface area contributed by atoms with Crippen molar-refractivity contribution in [1.29, 1.82) is 0 Å². The Bertz CT molecular complexity index is 719. The lowest BCUT2D eigenvalue weighted by molar-refractivity contribution is -0.123. The van der Waals surface area contributed by atoms with E-state index in [1.165, 1.54) is 5.56 Å². The lowest BCUT2D eigenvalue weighted by Crippen LogP contribution is -2.39. The zero-order valence-corrected chi connectivity index (χ0v) is 21.2. The highest BCUT2D eigenvalue weighted by atomic mass is 127. The first-order valence-corrected chi connectivity index (χ1v) is 11.3. The van der Waals surface area contributed by atoms with E-state index in [0.29, 0.717) is 31.4 Å². The molecule has 1 amide bonds. The molecule has 4 N–H and O–H groups in total. The van der Waals surface area contributed by atoms with Gasteiger partial charge in [-0.2, -0.15) is 0 Å². The van der Waals surface area contributed by atoms with Crippen LogP contribution in [0.1, 0.15) is 38.2 Å². The molecule has 1 unspecified atom stereocenters. The van der Waals surface area contributed by atoms with Crippen LogP contribution in [0.5, 0.6) is 5.75 Å². The van der Waals surface area contributed by atoms with Gasteiger partial charge in [0, 0.05) is 37.8 Å². The van der Waals surface area contributed by atoms with Gasteiger partial charge in [-0.1, -0.05) is 12.1 Å². The van der Waals surface area contributed by atoms with Crippen LogP contribution in [-0.2, 0) is 16.0 Å². The number of rotatable bonds is 12. The van der Waals surface area contributed by atoms with Crippen molar-refractivity contribution in [2.75, 3.05) is 46.1 Å². The quantitative estimate of drug-likeness (QED) is 0.177. The van der Waals surface area contributed by atoms with E-state index in [2.05, 4.69) is 16.0 Å². The van der Waals surface area contributed by atoms with Gasteiger partial charge < -0.3 is 30.5 Å². The van der Waals surface area contributed by atoms with Crippen molar-refractivity contribution in [3.63, 3.8) is 0 Å². The van der Waals surface area contributed by atoms with Gasteiger partial charge in [0.15, 0.2) is 12.6 Å². The van der Waals surface area contributed by atoms with Gasteiger partial charge in [-0.05, 0) is 56.7 Å². The van der Waals surface area contributed by atoms with Crippen molar-refractivity contribution < 1.29 is 19.4 Å². The summed E-state index contributed by atoms with van der Waals surface area (Å²) in [6.45, 7) is 5.84. The van der Waals surface area contributed by atoms with E-state index in [1.807, 2.05) is 31.2 Å². The number of carbonyl (C=O) groups is 1. The van der Waals surface area contributed by atoms with Gasteiger partial charge in [0.05, 0.1) is 13.2 Å². The highest BCUT2D eigenvalue weighted by Crippen LogP contribution is 2.32. The molecule has 1 aliphatic heterocycles. The van der Waals surface area contributed by atoms with E-state index in [-0.39, 0.29) is 48.5 Å². The molecule has 0 radical (unpaired) electrons. The van der Waals surface area contributed by atoms with Crippen LogP contribution >= 0.6 is 24.0 Å². The summed E-state index contributed by atoms with van der Waals surface area (Å²) >= 11 is 0. The van der Waals surface area contributed by atoms with Crippen molar-refractivity contribution in [3.8, 4) is 5.75 Å². The molecule has 9 heteroatoms. The van der Waals surface area contributed by atoms with E-state index in [9.17, 15) is 9.90 Å². The van der Waals surface area contributed by atoms with E-state index in [4.69, 9.17) is 14.5 Å². The fraction of sp³-hybridized carbons (Fsp3) is 0.652. The molecule has 0 spiro atoms. The minimum atomic E-state index is -0.0593. The summed E-state index contributed by atoms with van der Waals surface area (Å²) in [5.74, 6) is 1.43. The predicted octanol–water partition coefficient (Wildman–Crippen LogP) is 1.85. The first kappa shape index (κ1) is 26.7. The second kappa shape index (κ2) is 13.8. The molecule has 32 heavy (non-hydrogen) atoms. The molecule has 1 saturated carbocycles. The number of halogens is 1. The molecule has 0 bridgehead atoms. The Balaban J connectivity index is 0.00000363. The maximum atomic E-state index is 11.7. The number of hydrogen-bond donors (Lipinski definition) is 4. The zero-order chi connectivity index (χ0) is 21.9. The third kappa shape index (κ3) is 9.11. The molecule has 1 heterocycles. The minimum absolute atomic E-state index is 0. The number of nitrogens with zero attached hydrogens (tertiary/aromatic N) is 1. The van der Waals surface area contributed by atoms with Crippen LogP contribution in [0.2, 0.25) is 0 Å². The Morgan fingerprint density at radius 1 is 1.28 bits per heavy atom. The van der Waals surface area contributed by atoms with Crippen molar-refractivity contribution in [2.24, 2.45) is 10.4 Å².